The molecule has 0 fully saturated rings. The molecular weight excluding hydrogens is 256 g/mol. The van der Waals surface area contributed by atoms with Crippen LogP contribution in [0, 0.1) is 0 Å². The van der Waals surface area contributed by atoms with Crippen LogP contribution >= 0.6 is 15.9 Å². The molecule has 0 aliphatic carbocycles. The molecule has 3 nitrogen and oxygen atoms in total. The summed E-state index contributed by atoms with van der Waals surface area (Å²) >= 11 is 3.49. The molecule has 4 heteroatoms. The van der Waals surface area contributed by atoms with E-state index < -0.39 is 0 Å². The Bertz CT molecular complexity index is 479. The molecule has 0 atom stereocenters. The van der Waals surface area contributed by atoms with Crippen molar-refractivity contribution in [1.82, 2.24) is 9.55 Å². The molecule has 78 valence electrons. The van der Waals surface area contributed by atoms with E-state index in [2.05, 4.69) is 20.9 Å². The van der Waals surface area contributed by atoms with Gasteiger partial charge >= 0.3 is 0 Å². The average Bonchev–Trinajstić information content (AvgIpc) is 2.60. The van der Waals surface area contributed by atoms with Gasteiger partial charge in [0.15, 0.2) is 0 Å². The van der Waals surface area contributed by atoms with E-state index in [-0.39, 0.29) is 0 Å². The Morgan fingerprint density at radius 3 is 2.80 bits per heavy atom. The fraction of sp³-hybridized carbons (Fsp3) is 0.182. The Balaban J connectivity index is 2.49. The Morgan fingerprint density at radius 1 is 1.40 bits per heavy atom. The molecule has 0 aliphatic rings. The molecular formula is C11H11BrN2O. The molecule has 0 bridgehead atoms. The minimum atomic E-state index is 0.838. The van der Waals surface area contributed by atoms with Gasteiger partial charge in [0.1, 0.15) is 16.0 Å². The molecule has 0 N–H and O–H groups in total. The molecule has 1 aromatic heterocycles. The first kappa shape index (κ1) is 10.2. The summed E-state index contributed by atoms with van der Waals surface area (Å²) in [5, 5.41) is 0. The normalized spacial score (nSPS) is 10.3. The van der Waals surface area contributed by atoms with Crippen LogP contribution in [0.3, 0.4) is 0 Å². The van der Waals surface area contributed by atoms with Gasteiger partial charge in [-0.3, -0.25) is 0 Å². The lowest BCUT2D eigenvalue weighted by molar-refractivity contribution is 0.415. The second kappa shape index (κ2) is 4.06. The van der Waals surface area contributed by atoms with Gasteiger partial charge in [0.05, 0.1) is 13.4 Å². The van der Waals surface area contributed by atoms with Crippen molar-refractivity contribution in [3.8, 4) is 17.0 Å². The number of hydrogen-bond acceptors (Lipinski definition) is 2. The molecule has 2 aromatic rings. The molecule has 1 aromatic carbocycles. The van der Waals surface area contributed by atoms with E-state index in [4.69, 9.17) is 4.74 Å². The summed E-state index contributed by atoms with van der Waals surface area (Å²) in [6.45, 7) is 0. The molecule has 0 saturated heterocycles. The maximum Gasteiger partial charge on any atom is 0.119 e. The van der Waals surface area contributed by atoms with Crippen LogP contribution in [-0.2, 0) is 7.05 Å². The van der Waals surface area contributed by atoms with E-state index in [1.807, 2.05) is 35.9 Å². The summed E-state index contributed by atoms with van der Waals surface area (Å²) in [6.07, 6.45) is 1.78. The number of imidazole rings is 1. The Kier molecular flexibility index (Phi) is 2.77. The molecule has 0 radical (unpaired) electrons. The number of rotatable bonds is 2. The van der Waals surface area contributed by atoms with Crippen LogP contribution in [0.15, 0.2) is 35.2 Å². The third-order valence-corrected chi connectivity index (χ3v) is 3.14. The first-order valence-corrected chi connectivity index (χ1v) is 5.33. The van der Waals surface area contributed by atoms with Gasteiger partial charge in [-0.15, -0.1) is 0 Å². The van der Waals surface area contributed by atoms with Crippen LogP contribution < -0.4 is 4.74 Å². The molecule has 0 unspecified atom stereocenters. The van der Waals surface area contributed by atoms with Gasteiger partial charge in [0.2, 0.25) is 0 Å². The number of nitrogens with zero attached hydrogens (tertiary/aromatic N) is 2. The van der Waals surface area contributed by atoms with Crippen LogP contribution in [-0.4, -0.2) is 16.7 Å². The molecule has 15 heavy (non-hydrogen) atoms. The average molecular weight is 267 g/mol. The smallest absolute Gasteiger partial charge is 0.119 e. The van der Waals surface area contributed by atoms with Crippen LogP contribution in [0.2, 0.25) is 0 Å². The molecule has 0 aliphatic heterocycles. The molecule has 0 spiro atoms. The predicted molar refractivity (Wildman–Crippen MR) is 62.9 cm³/mol. The van der Waals surface area contributed by atoms with Crippen LogP contribution in [0.5, 0.6) is 5.75 Å². The second-order valence-electron chi connectivity index (χ2n) is 3.23. The highest BCUT2D eigenvalue weighted by atomic mass is 79.9. The van der Waals surface area contributed by atoms with Gasteiger partial charge in [0.25, 0.3) is 0 Å². The summed E-state index contributed by atoms with van der Waals surface area (Å²) in [7, 11) is 3.60. The Labute approximate surface area is 96.8 Å². The van der Waals surface area contributed by atoms with Crippen molar-refractivity contribution in [3.05, 3.63) is 35.2 Å². The van der Waals surface area contributed by atoms with E-state index in [0.717, 1.165) is 21.6 Å². The zero-order valence-electron chi connectivity index (χ0n) is 8.57. The molecule has 0 saturated carbocycles. The number of methoxy groups -OCH3 is 1. The first-order chi connectivity index (χ1) is 7.22. The fourth-order valence-electron chi connectivity index (χ4n) is 1.38. The number of aryl methyl sites for hydroxylation is 1. The standard InChI is InChI=1S/C11H11BrN2O/c1-14-7-13-10(11(14)12)8-4-3-5-9(6-8)15-2/h3-7H,1-2H3. The number of halogens is 1. The van der Waals surface area contributed by atoms with E-state index in [9.17, 15) is 0 Å². The van der Waals surface area contributed by atoms with Crippen molar-refractivity contribution in [2.45, 2.75) is 0 Å². The highest BCUT2D eigenvalue weighted by Crippen LogP contribution is 2.28. The number of aromatic nitrogens is 2. The van der Waals surface area contributed by atoms with Crippen molar-refractivity contribution in [2.75, 3.05) is 7.11 Å². The summed E-state index contributed by atoms with van der Waals surface area (Å²) in [6, 6.07) is 7.85. The predicted octanol–water partition coefficient (Wildman–Crippen LogP) is 2.86. The van der Waals surface area contributed by atoms with Gasteiger partial charge in [-0.05, 0) is 28.1 Å². The summed E-state index contributed by atoms with van der Waals surface area (Å²) in [5.41, 5.74) is 1.97. The zero-order valence-corrected chi connectivity index (χ0v) is 10.2. The largest absolute Gasteiger partial charge is 0.497 e. The minimum Gasteiger partial charge on any atom is -0.497 e. The van der Waals surface area contributed by atoms with Crippen LogP contribution in [0.25, 0.3) is 11.3 Å². The van der Waals surface area contributed by atoms with E-state index >= 15 is 0 Å². The van der Waals surface area contributed by atoms with Crippen molar-refractivity contribution in [3.63, 3.8) is 0 Å². The van der Waals surface area contributed by atoms with Gasteiger partial charge in [-0.1, -0.05) is 12.1 Å². The summed E-state index contributed by atoms with van der Waals surface area (Å²) in [4.78, 5) is 4.32. The molecule has 2 rings (SSSR count). The second-order valence-corrected chi connectivity index (χ2v) is 3.98. The lowest BCUT2D eigenvalue weighted by Crippen LogP contribution is -1.86. The Hall–Kier alpha value is -1.29. The number of benzene rings is 1. The van der Waals surface area contributed by atoms with Gasteiger partial charge in [-0.2, -0.15) is 0 Å². The Morgan fingerprint density at radius 2 is 2.20 bits per heavy atom. The third kappa shape index (κ3) is 1.90. The summed E-state index contributed by atoms with van der Waals surface area (Å²) in [5.74, 6) is 0.838. The SMILES string of the molecule is COc1cccc(-c2ncn(C)c2Br)c1. The van der Waals surface area contributed by atoms with Crippen molar-refractivity contribution in [2.24, 2.45) is 7.05 Å². The molecule has 0 amide bonds. The van der Waals surface area contributed by atoms with Crippen molar-refractivity contribution < 1.29 is 4.74 Å². The maximum atomic E-state index is 5.17. The third-order valence-electron chi connectivity index (χ3n) is 2.21. The van der Waals surface area contributed by atoms with Gasteiger partial charge < -0.3 is 9.30 Å². The highest BCUT2D eigenvalue weighted by molar-refractivity contribution is 9.10. The maximum absolute atomic E-state index is 5.17. The van der Waals surface area contributed by atoms with Crippen LogP contribution in [0.1, 0.15) is 0 Å². The monoisotopic (exact) mass is 266 g/mol. The number of ether oxygens (including phenoxy) is 1. The highest BCUT2D eigenvalue weighted by Gasteiger charge is 2.08. The van der Waals surface area contributed by atoms with Gasteiger partial charge in [0, 0.05) is 12.6 Å². The van der Waals surface area contributed by atoms with E-state index in [1.54, 1.807) is 13.4 Å². The van der Waals surface area contributed by atoms with Crippen molar-refractivity contribution >= 4 is 15.9 Å². The minimum absolute atomic E-state index is 0.838. The van der Waals surface area contributed by atoms with Crippen LogP contribution in [0.4, 0.5) is 0 Å². The van der Waals surface area contributed by atoms with E-state index in [0.29, 0.717) is 0 Å². The lowest BCUT2D eigenvalue weighted by Gasteiger charge is -2.02. The summed E-state index contributed by atoms with van der Waals surface area (Å²) < 4.78 is 8.07. The lowest BCUT2D eigenvalue weighted by atomic mass is 10.1. The van der Waals surface area contributed by atoms with E-state index in [1.165, 1.54) is 0 Å². The molecule has 1 heterocycles. The topological polar surface area (TPSA) is 27.1 Å². The fourth-order valence-corrected chi connectivity index (χ4v) is 1.80. The number of hydrogen-bond donors (Lipinski definition) is 0. The van der Waals surface area contributed by atoms with Crippen molar-refractivity contribution in [1.29, 1.82) is 0 Å². The van der Waals surface area contributed by atoms with Gasteiger partial charge in [-0.25, -0.2) is 4.98 Å². The first-order valence-electron chi connectivity index (χ1n) is 4.53. The quantitative estimate of drug-likeness (QED) is 0.836. The zero-order chi connectivity index (χ0) is 10.8.